The summed E-state index contributed by atoms with van der Waals surface area (Å²) >= 11 is 0. The van der Waals surface area contributed by atoms with E-state index in [2.05, 4.69) is 10.1 Å². The Balaban J connectivity index is 1.97. The minimum atomic E-state index is -2.67. The average molecular weight is 257 g/mol. The van der Waals surface area contributed by atoms with Crippen LogP contribution in [0.3, 0.4) is 0 Å². The number of hydrogen-bond acceptors (Lipinski definition) is 3. The van der Waals surface area contributed by atoms with Gasteiger partial charge in [0.2, 0.25) is 5.92 Å². The van der Waals surface area contributed by atoms with Gasteiger partial charge in [0.25, 0.3) is 0 Å². The SMILES string of the molecule is CCCn1ncnc1CC(=O)C1CCC(F)(F)C1. The van der Waals surface area contributed by atoms with Crippen LogP contribution in [0.4, 0.5) is 8.78 Å². The van der Waals surface area contributed by atoms with E-state index >= 15 is 0 Å². The van der Waals surface area contributed by atoms with Gasteiger partial charge < -0.3 is 0 Å². The van der Waals surface area contributed by atoms with Crippen LogP contribution in [0.1, 0.15) is 38.4 Å². The number of aromatic nitrogens is 3. The fraction of sp³-hybridized carbons (Fsp3) is 0.750. The lowest BCUT2D eigenvalue weighted by molar-refractivity contribution is -0.123. The second kappa shape index (κ2) is 5.12. The number of ketones is 1. The molecule has 4 nitrogen and oxygen atoms in total. The van der Waals surface area contributed by atoms with Crippen LogP contribution in [0.5, 0.6) is 0 Å². The maximum absolute atomic E-state index is 13.0. The van der Waals surface area contributed by atoms with Crippen molar-refractivity contribution in [2.75, 3.05) is 0 Å². The van der Waals surface area contributed by atoms with Crippen LogP contribution in [0, 0.1) is 5.92 Å². The number of carbonyl (C=O) groups excluding carboxylic acids is 1. The van der Waals surface area contributed by atoms with Crippen LogP contribution < -0.4 is 0 Å². The maximum Gasteiger partial charge on any atom is 0.248 e. The first-order valence-electron chi connectivity index (χ1n) is 6.29. The molecule has 1 unspecified atom stereocenters. The second-order valence-corrected chi connectivity index (χ2v) is 4.84. The summed E-state index contributed by atoms with van der Waals surface area (Å²) in [5.74, 6) is -2.75. The topological polar surface area (TPSA) is 47.8 Å². The van der Waals surface area contributed by atoms with Gasteiger partial charge in [0.05, 0.1) is 6.42 Å². The van der Waals surface area contributed by atoms with Gasteiger partial charge in [0.1, 0.15) is 17.9 Å². The summed E-state index contributed by atoms with van der Waals surface area (Å²) in [6.07, 6.45) is 2.21. The fourth-order valence-electron chi connectivity index (χ4n) is 2.35. The second-order valence-electron chi connectivity index (χ2n) is 4.84. The Morgan fingerprint density at radius 2 is 2.39 bits per heavy atom. The predicted molar refractivity (Wildman–Crippen MR) is 61.3 cm³/mol. The van der Waals surface area contributed by atoms with Crippen molar-refractivity contribution in [2.24, 2.45) is 5.92 Å². The van der Waals surface area contributed by atoms with E-state index in [4.69, 9.17) is 0 Å². The molecule has 1 heterocycles. The zero-order chi connectivity index (χ0) is 13.2. The van der Waals surface area contributed by atoms with Crippen LogP contribution in [0.25, 0.3) is 0 Å². The molecule has 18 heavy (non-hydrogen) atoms. The molecule has 1 saturated carbocycles. The Morgan fingerprint density at radius 3 is 3.00 bits per heavy atom. The first-order valence-corrected chi connectivity index (χ1v) is 6.29. The number of halogens is 2. The lowest BCUT2D eigenvalue weighted by Gasteiger charge is -2.10. The monoisotopic (exact) mass is 257 g/mol. The third-order valence-electron chi connectivity index (χ3n) is 3.32. The van der Waals surface area contributed by atoms with E-state index in [0.717, 1.165) is 6.42 Å². The van der Waals surface area contributed by atoms with Gasteiger partial charge in [-0.3, -0.25) is 4.79 Å². The molecule has 0 aromatic carbocycles. The largest absolute Gasteiger partial charge is 0.299 e. The van der Waals surface area contributed by atoms with E-state index in [-0.39, 0.29) is 31.5 Å². The highest BCUT2D eigenvalue weighted by Gasteiger charge is 2.42. The summed E-state index contributed by atoms with van der Waals surface area (Å²) in [7, 11) is 0. The predicted octanol–water partition coefficient (Wildman–Crippen LogP) is 2.24. The van der Waals surface area contributed by atoms with Crippen LogP contribution in [0.15, 0.2) is 6.33 Å². The minimum Gasteiger partial charge on any atom is -0.299 e. The Labute approximate surface area is 104 Å². The van der Waals surface area contributed by atoms with E-state index in [1.165, 1.54) is 6.33 Å². The summed E-state index contributed by atoms with van der Waals surface area (Å²) in [5.41, 5.74) is 0. The molecule has 1 atom stereocenters. The van der Waals surface area contributed by atoms with E-state index in [1.807, 2.05) is 6.92 Å². The van der Waals surface area contributed by atoms with Crippen LogP contribution in [-0.4, -0.2) is 26.5 Å². The van der Waals surface area contributed by atoms with Gasteiger partial charge in [-0.25, -0.2) is 18.4 Å². The quantitative estimate of drug-likeness (QED) is 0.812. The highest BCUT2D eigenvalue weighted by molar-refractivity contribution is 5.83. The molecule has 0 N–H and O–H groups in total. The molecule has 0 bridgehead atoms. The Kier molecular flexibility index (Phi) is 3.73. The summed E-state index contributed by atoms with van der Waals surface area (Å²) in [5, 5.41) is 4.02. The number of alkyl halides is 2. The Hall–Kier alpha value is -1.33. The lowest BCUT2D eigenvalue weighted by Crippen LogP contribution is -2.19. The van der Waals surface area contributed by atoms with Crippen molar-refractivity contribution in [1.29, 1.82) is 0 Å². The van der Waals surface area contributed by atoms with Crippen LogP contribution >= 0.6 is 0 Å². The highest BCUT2D eigenvalue weighted by atomic mass is 19.3. The van der Waals surface area contributed by atoms with Crippen molar-refractivity contribution in [3.8, 4) is 0 Å². The summed E-state index contributed by atoms with van der Waals surface area (Å²) in [4.78, 5) is 16.0. The summed E-state index contributed by atoms with van der Waals surface area (Å²) in [6.45, 7) is 2.70. The first kappa shape index (κ1) is 13.1. The zero-order valence-electron chi connectivity index (χ0n) is 10.4. The maximum atomic E-state index is 13.0. The van der Waals surface area contributed by atoms with Gasteiger partial charge in [0.15, 0.2) is 0 Å². The van der Waals surface area contributed by atoms with Crippen molar-refractivity contribution in [3.63, 3.8) is 0 Å². The molecular weight excluding hydrogens is 240 g/mol. The number of carbonyl (C=O) groups is 1. The molecule has 2 rings (SSSR count). The van der Waals surface area contributed by atoms with Gasteiger partial charge >= 0.3 is 0 Å². The molecule has 0 amide bonds. The molecule has 1 aliphatic rings. The molecule has 0 radical (unpaired) electrons. The smallest absolute Gasteiger partial charge is 0.248 e. The molecule has 0 spiro atoms. The van der Waals surface area contributed by atoms with Gasteiger partial charge in [-0.05, 0) is 12.8 Å². The molecule has 6 heteroatoms. The molecule has 1 fully saturated rings. The van der Waals surface area contributed by atoms with Crippen molar-refractivity contribution >= 4 is 5.78 Å². The van der Waals surface area contributed by atoms with Crippen molar-refractivity contribution in [1.82, 2.24) is 14.8 Å². The van der Waals surface area contributed by atoms with E-state index in [1.54, 1.807) is 4.68 Å². The molecule has 100 valence electrons. The molecule has 1 aromatic rings. The third kappa shape index (κ3) is 2.91. The normalized spacial score (nSPS) is 22.3. The zero-order valence-corrected chi connectivity index (χ0v) is 10.4. The van der Waals surface area contributed by atoms with Gasteiger partial charge in [0, 0.05) is 25.3 Å². The molecule has 0 saturated heterocycles. The Morgan fingerprint density at radius 1 is 1.61 bits per heavy atom. The first-order chi connectivity index (χ1) is 8.52. The molecule has 0 aliphatic heterocycles. The number of hydrogen-bond donors (Lipinski definition) is 0. The highest BCUT2D eigenvalue weighted by Crippen LogP contribution is 2.39. The fourth-order valence-corrected chi connectivity index (χ4v) is 2.35. The lowest BCUT2D eigenvalue weighted by atomic mass is 9.99. The molecule has 1 aromatic heterocycles. The van der Waals surface area contributed by atoms with Crippen molar-refractivity contribution < 1.29 is 13.6 Å². The standard InChI is InChI=1S/C12H17F2N3O/c1-2-5-17-11(15-8-16-17)6-10(18)9-3-4-12(13,14)7-9/h8-9H,2-7H2,1H3. The number of rotatable bonds is 5. The van der Waals surface area contributed by atoms with Crippen molar-refractivity contribution in [3.05, 3.63) is 12.2 Å². The van der Waals surface area contributed by atoms with Gasteiger partial charge in [-0.2, -0.15) is 5.10 Å². The molecular formula is C12H17F2N3O. The van der Waals surface area contributed by atoms with Gasteiger partial charge in [-0.15, -0.1) is 0 Å². The summed E-state index contributed by atoms with van der Waals surface area (Å²) in [6, 6.07) is 0. The summed E-state index contributed by atoms with van der Waals surface area (Å²) < 4.78 is 27.8. The average Bonchev–Trinajstić information content (AvgIpc) is 2.86. The van der Waals surface area contributed by atoms with E-state index in [0.29, 0.717) is 12.4 Å². The van der Waals surface area contributed by atoms with Crippen LogP contribution in [0.2, 0.25) is 0 Å². The van der Waals surface area contributed by atoms with Crippen molar-refractivity contribution in [2.45, 2.75) is 51.5 Å². The third-order valence-corrected chi connectivity index (χ3v) is 3.32. The van der Waals surface area contributed by atoms with Gasteiger partial charge in [-0.1, -0.05) is 6.92 Å². The number of Topliss-reactive ketones (excluding diaryl/α,β-unsaturated/α-hetero) is 1. The molecule has 1 aliphatic carbocycles. The van der Waals surface area contributed by atoms with Crippen LogP contribution in [-0.2, 0) is 17.8 Å². The number of nitrogens with zero attached hydrogens (tertiary/aromatic N) is 3. The minimum absolute atomic E-state index is 0.112. The Bertz CT molecular complexity index is 431. The number of aryl methyl sites for hydroxylation is 1. The van der Waals surface area contributed by atoms with E-state index < -0.39 is 11.8 Å². The van der Waals surface area contributed by atoms with E-state index in [9.17, 15) is 13.6 Å².